The predicted molar refractivity (Wildman–Crippen MR) is 91.6 cm³/mol. The molecule has 0 radical (unpaired) electrons. The minimum absolute atomic E-state index is 0.0288. The van der Waals surface area contributed by atoms with Crippen LogP contribution >= 0.6 is 0 Å². The zero-order valence-electron chi connectivity index (χ0n) is 14.1. The highest BCUT2D eigenvalue weighted by molar-refractivity contribution is 5.96. The number of aromatic nitrogens is 6. The molecule has 0 aliphatic carbocycles. The molecule has 0 saturated heterocycles. The highest BCUT2D eigenvalue weighted by atomic mass is 16.4. The second-order valence-corrected chi connectivity index (χ2v) is 5.90. The van der Waals surface area contributed by atoms with Crippen molar-refractivity contribution in [1.82, 2.24) is 29.4 Å². The second kappa shape index (κ2) is 5.37. The first-order valence-electron chi connectivity index (χ1n) is 7.92. The van der Waals surface area contributed by atoms with Crippen LogP contribution in [0.3, 0.4) is 0 Å². The summed E-state index contributed by atoms with van der Waals surface area (Å²) in [6.45, 7) is 6.54. The summed E-state index contributed by atoms with van der Waals surface area (Å²) >= 11 is 0. The normalized spacial score (nSPS) is 11.5. The molecule has 4 aromatic heterocycles. The molecule has 0 aliphatic rings. The van der Waals surface area contributed by atoms with Crippen molar-refractivity contribution in [3.63, 3.8) is 0 Å². The SMILES string of the molecule is CCn1ccc(-c2cc(C(=O)O)n3nc4nc(C)cc(C)c4c3n2)n1. The van der Waals surface area contributed by atoms with E-state index >= 15 is 0 Å². The maximum absolute atomic E-state index is 11.8. The fourth-order valence-electron chi connectivity index (χ4n) is 2.98. The number of aromatic carboxylic acids is 1. The zero-order chi connectivity index (χ0) is 17.7. The molecule has 8 heteroatoms. The van der Waals surface area contributed by atoms with E-state index in [4.69, 9.17) is 0 Å². The molecule has 4 heterocycles. The van der Waals surface area contributed by atoms with Gasteiger partial charge in [0.1, 0.15) is 5.69 Å². The smallest absolute Gasteiger partial charge is 0.354 e. The van der Waals surface area contributed by atoms with Gasteiger partial charge in [0.25, 0.3) is 0 Å². The average Bonchev–Trinajstić information content (AvgIpc) is 3.17. The number of rotatable bonds is 3. The quantitative estimate of drug-likeness (QED) is 0.617. The lowest BCUT2D eigenvalue weighted by Gasteiger charge is -2.03. The third kappa shape index (κ3) is 2.34. The fraction of sp³-hybridized carbons (Fsp3) is 0.235. The lowest BCUT2D eigenvalue weighted by atomic mass is 10.2. The van der Waals surface area contributed by atoms with Gasteiger partial charge in [-0.3, -0.25) is 4.68 Å². The monoisotopic (exact) mass is 336 g/mol. The Morgan fingerprint density at radius 1 is 1.16 bits per heavy atom. The van der Waals surface area contributed by atoms with Crippen molar-refractivity contribution in [2.75, 3.05) is 0 Å². The van der Waals surface area contributed by atoms with Crippen molar-refractivity contribution >= 4 is 22.6 Å². The topological polar surface area (TPSA) is 98.2 Å². The number of carbonyl (C=O) groups is 1. The van der Waals surface area contributed by atoms with Crippen LogP contribution in [0.5, 0.6) is 0 Å². The molecule has 126 valence electrons. The Balaban J connectivity index is 2.09. The Hall–Kier alpha value is -3.29. The number of nitrogens with zero attached hydrogens (tertiary/aromatic N) is 6. The third-order valence-electron chi connectivity index (χ3n) is 4.12. The van der Waals surface area contributed by atoms with E-state index in [-0.39, 0.29) is 5.69 Å². The van der Waals surface area contributed by atoms with E-state index in [0.29, 0.717) is 22.7 Å². The van der Waals surface area contributed by atoms with Crippen molar-refractivity contribution in [2.45, 2.75) is 27.3 Å². The Morgan fingerprint density at radius 3 is 2.64 bits per heavy atom. The summed E-state index contributed by atoms with van der Waals surface area (Å²) in [7, 11) is 0. The molecule has 0 unspecified atom stereocenters. The molecule has 4 aromatic rings. The number of hydrogen-bond donors (Lipinski definition) is 1. The molecule has 0 bridgehead atoms. The van der Waals surface area contributed by atoms with E-state index in [1.807, 2.05) is 39.1 Å². The number of aryl methyl sites for hydroxylation is 3. The third-order valence-corrected chi connectivity index (χ3v) is 4.12. The molecule has 0 fully saturated rings. The predicted octanol–water partition coefficient (Wildman–Crippen LogP) is 2.48. The maximum Gasteiger partial charge on any atom is 0.354 e. The standard InChI is InChI=1S/C17H16N6O2/c1-4-22-6-5-11(20-22)12-8-13(17(24)25)23-16(19-12)14-9(2)7-10(3)18-15(14)21-23/h5-8H,4H2,1-3H3,(H,24,25). The lowest BCUT2D eigenvalue weighted by molar-refractivity contribution is 0.0687. The van der Waals surface area contributed by atoms with Gasteiger partial charge in [0.15, 0.2) is 17.0 Å². The minimum atomic E-state index is -1.08. The molecule has 0 atom stereocenters. The lowest BCUT2D eigenvalue weighted by Crippen LogP contribution is -2.08. The summed E-state index contributed by atoms with van der Waals surface area (Å²) < 4.78 is 3.11. The van der Waals surface area contributed by atoms with Crippen LogP contribution in [0.25, 0.3) is 28.1 Å². The van der Waals surface area contributed by atoms with Crippen LogP contribution in [0.2, 0.25) is 0 Å². The van der Waals surface area contributed by atoms with Gasteiger partial charge in [-0.25, -0.2) is 19.3 Å². The van der Waals surface area contributed by atoms with Gasteiger partial charge in [0.2, 0.25) is 0 Å². The molecule has 0 aromatic carbocycles. The molecule has 8 nitrogen and oxygen atoms in total. The van der Waals surface area contributed by atoms with Gasteiger partial charge in [-0.05, 0) is 44.5 Å². The number of fused-ring (bicyclic) bond motifs is 3. The summed E-state index contributed by atoms with van der Waals surface area (Å²) in [5.74, 6) is -1.08. The highest BCUT2D eigenvalue weighted by Crippen LogP contribution is 2.25. The molecule has 4 rings (SSSR count). The van der Waals surface area contributed by atoms with Crippen LogP contribution in [0.4, 0.5) is 0 Å². The molecular weight excluding hydrogens is 320 g/mol. The molecule has 25 heavy (non-hydrogen) atoms. The summed E-state index contributed by atoms with van der Waals surface area (Å²) in [5.41, 5.74) is 3.90. The van der Waals surface area contributed by atoms with E-state index in [9.17, 15) is 9.90 Å². The summed E-state index contributed by atoms with van der Waals surface area (Å²) in [4.78, 5) is 20.8. The van der Waals surface area contributed by atoms with Crippen molar-refractivity contribution < 1.29 is 9.90 Å². The minimum Gasteiger partial charge on any atom is -0.477 e. The van der Waals surface area contributed by atoms with Crippen molar-refractivity contribution in [1.29, 1.82) is 0 Å². The number of carboxylic acids is 1. The van der Waals surface area contributed by atoms with Crippen molar-refractivity contribution in [3.05, 3.63) is 41.3 Å². The zero-order valence-corrected chi connectivity index (χ0v) is 14.1. The van der Waals surface area contributed by atoms with Gasteiger partial charge >= 0.3 is 5.97 Å². The highest BCUT2D eigenvalue weighted by Gasteiger charge is 2.19. The molecule has 0 aliphatic heterocycles. The summed E-state index contributed by atoms with van der Waals surface area (Å²) in [6.07, 6.45) is 1.84. The first-order valence-corrected chi connectivity index (χ1v) is 7.92. The fourth-order valence-corrected chi connectivity index (χ4v) is 2.98. The van der Waals surface area contributed by atoms with E-state index < -0.39 is 5.97 Å². The van der Waals surface area contributed by atoms with Gasteiger partial charge < -0.3 is 5.11 Å². The van der Waals surface area contributed by atoms with Gasteiger partial charge in [-0.15, -0.1) is 5.10 Å². The number of hydrogen-bond acceptors (Lipinski definition) is 5. The van der Waals surface area contributed by atoms with Gasteiger partial charge in [-0.2, -0.15) is 5.10 Å². The first kappa shape index (κ1) is 15.3. The van der Waals surface area contributed by atoms with Gasteiger partial charge in [0, 0.05) is 18.4 Å². The van der Waals surface area contributed by atoms with E-state index in [0.717, 1.165) is 23.2 Å². The average molecular weight is 336 g/mol. The van der Waals surface area contributed by atoms with Crippen molar-refractivity contribution in [2.24, 2.45) is 0 Å². The summed E-state index contributed by atoms with van der Waals surface area (Å²) in [6, 6.07) is 5.25. The van der Waals surface area contributed by atoms with Crippen LogP contribution in [0.1, 0.15) is 28.7 Å². The molecule has 1 N–H and O–H groups in total. The Kier molecular flexibility index (Phi) is 3.28. The number of carboxylic acid groups (broad SMARTS) is 1. The van der Waals surface area contributed by atoms with Gasteiger partial charge in [0.05, 0.1) is 11.1 Å². The number of pyridine rings is 1. The largest absolute Gasteiger partial charge is 0.477 e. The van der Waals surface area contributed by atoms with E-state index in [2.05, 4.69) is 20.2 Å². The van der Waals surface area contributed by atoms with E-state index in [1.54, 1.807) is 4.68 Å². The summed E-state index contributed by atoms with van der Waals surface area (Å²) in [5, 5.41) is 19.1. The van der Waals surface area contributed by atoms with Crippen LogP contribution < -0.4 is 0 Å². The molecule has 0 spiro atoms. The van der Waals surface area contributed by atoms with E-state index in [1.165, 1.54) is 10.6 Å². The van der Waals surface area contributed by atoms with Gasteiger partial charge in [-0.1, -0.05) is 0 Å². The molecular formula is C17H16N6O2. The Morgan fingerprint density at radius 2 is 1.96 bits per heavy atom. The second-order valence-electron chi connectivity index (χ2n) is 5.90. The Labute approximate surface area is 142 Å². The Bertz CT molecular complexity index is 1140. The maximum atomic E-state index is 11.8. The molecule has 0 saturated carbocycles. The van der Waals surface area contributed by atoms with Crippen LogP contribution in [-0.2, 0) is 6.54 Å². The first-order chi connectivity index (χ1) is 12.0. The molecule has 0 amide bonds. The van der Waals surface area contributed by atoms with Crippen molar-refractivity contribution in [3.8, 4) is 11.4 Å². The van der Waals surface area contributed by atoms with Crippen LogP contribution in [0, 0.1) is 13.8 Å². The van der Waals surface area contributed by atoms with Crippen LogP contribution in [-0.4, -0.2) is 40.4 Å². The van der Waals surface area contributed by atoms with Crippen LogP contribution in [0.15, 0.2) is 24.4 Å².